The van der Waals surface area contributed by atoms with Crippen molar-refractivity contribution in [2.45, 2.75) is 30.9 Å². The van der Waals surface area contributed by atoms with Crippen molar-refractivity contribution in [2.75, 3.05) is 20.3 Å². The lowest BCUT2D eigenvalue weighted by Crippen LogP contribution is -2.50. The van der Waals surface area contributed by atoms with E-state index in [0.717, 1.165) is 12.1 Å². The van der Waals surface area contributed by atoms with E-state index in [0.29, 0.717) is 6.61 Å². The third kappa shape index (κ3) is 3.06. The molecule has 2 rings (SSSR count). The van der Waals surface area contributed by atoms with E-state index in [9.17, 15) is 18.5 Å². The van der Waals surface area contributed by atoms with Gasteiger partial charge >= 0.3 is 0 Å². The summed E-state index contributed by atoms with van der Waals surface area (Å²) in [4.78, 5) is 10.1. The van der Waals surface area contributed by atoms with Crippen molar-refractivity contribution in [3.8, 4) is 5.75 Å². The Balaban J connectivity index is 2.46. The molecule has 0 aliphatic carbocycles. The Morgan fingerprint density at radius 2 is 2.09 bits per heavy atom. The molecular formula is C13H18N2O6S. The van der Waals surface area contributed by atoms with Gasteiger partial charge in [-0.15, -0.1) is 0 Å². The maximum atomic E-state index is 12.8. The van der Waals surface area contributed by atoms with Crippen LogP contribution in [-0.4, -0.2) is 50.1 Å². The second-order valence-corrected chi connectivity index (χ2v) is 7.02. The highest BCUT2D eigenvalue weighted by atomic mass is 32.2. The van der Waals surface area contributed by atoms with Crippen molar-refractivity contribution >= 4 is 15.7 Å². The van der Waals surface area contributed by atoms with Crippen molar-refractivity contribution < 1.29 is 22.8 Å². The molecule has 0 N–H and O–H groups in total. The molecule has 0 bridgehead atoms. The fourth-order valence-corrected chi connectivity index (χ4v) is 4.15. The Morgan fingerprint density at radius 3 is 2.68 bits per heavy atom. The molecule has 1 heterocycles. The minimum absolute atomic E-state index is 0.0412. The molecular weight excluding hydrogens is 312 g/mol. The number of nitro benzene ring substituents is 1. The number of benzene rings is 1. The van der Waals surface area contributed by atoms with E-state index in [1.807, 2.05) is 0 Å². The van der Waals surface area contributed by atoms with Crippen LogP contribution in [0.3, 0.4) is 0 Å². The number of nitro groups is 1. The van der Waals surface area contributed by atoms with Crippen LogP contribution in [0.2, 0.25) is 0 Å². The highest BCUT2D eigenvalue weighted by Gasteiger charge is 2.36. The summed E-state index contributed by atoms with van der Waals surface area (Å²) in [6, 6.07) is 3.16. The molecule has 0 unspecified atom stereocenters. The van der Waals surface area contributed by atoms with Crippen LogP contribution in [0.4, 0.5) is 5.69 Å². The molecule has 0 saturated carbocycles. The fraction of sp³-hybridized carbons (Fsp3) is 0.538. The lowest BCUT2D eigenvalue weighted by Gasteiger charge is -2.35. The second kappa shape index (κ2) is 6.19. The summed E-state index contributed by atoms with van der Waals surface area (Å²) in [5, 5.41) is 10.8. The van der Waals surface area contributed by atoms with E-state index in [1.165, 1.54) is 17.5 Å². The molecule has 9 heteroatoms. The summed E-state index contributed by atoms with van der Waals surface area (Å²) in [5.41, 5.74) is -0.223. The normalized spacial score (nSPS) is 23.2. The van der Waals surface area contributed by atoms with Gasteiger partial charge in [0.05, 0.1) is 30.8 Å². The zero-order valence-electron chi connectivity index (χ0n) is 12.6. The van der Waals surface area contributed by atoms with Crippen molar-refractivity contribution in [3.63, 3.8) is 0 Å². The van der Waals surface area contributed by atoms with Gasteiger partial charge in [0.15, 0.2) is 0 Å². The average Bonchev–Trinajstić information content (AvgIpc) is 2.48. The van der Waals surface area contributed by atoms with Gasteiger partial charge < -0.3 is 9.47 Å². The van der Waals surface area contributed by atoms with E-state index in [2.05, 4.69) is 0 Å². The molecule has 1 aliphatic rings. The lowest BCUT2D eigenvalue weighted by atomic mass is 10.2. The Bertz CT molecular complexity index is 675. The van der Waals surface area contributed by atoms with Crippen LogP contribution in [0.25, 0.3) is 0 Å². The first kappa shape index (κ1) is 16.7. The first-order valence-electron chi connectivity index (χ1n) is 6.73. The summed E-state index contributed by atoms with van der Waals surface area (Å²) < 4.78 is 37.5. The number of nitrogens with zero attached hydrogens (tertiary/aromatic N) is 2. The third-order valence-corrected chi connectivity index (χ3v) is 5.51. The quantitative estimate of drug-likeness (QED) is 0.611. The third-order valence-electron chi connectivity index (χ3n) is 3.50. The topological polar surface area (TPSA) is 99.0 Å². The van der Waals surface area contributed by atoms with Crippen LogP contribution >= 0.6 is 0 Å². The zero-order chi connectivity index (χ0) is 16.5. The standard InChI is InChI=1S/C13H18N2O6S/c1-9-8-21-10(2)7-14(9)22(18,19)13-5-4-11(15(16)17)6-12(13)20-3/h4-6,9-10H,7-8H2,1-3H3/t9-,10+/m0/s1. The summed E-state index contributed by atoms with van der Waals surface area (Å²) in [7, 11) is -2.54. The predicted octanol–water partition coefficient (Wildman–Crippen LogP) is 1.40. The maximum absolute atomic E-state index is 12.8. The van der Waals surface area contributed by atoms with Gasteiger partial charge in [0.1, 0.15) is 10.6 Å². The van der Waals surface area contributed by atoms with Gasteiger partial charge in [-0.1, -0.05) is 0 Å². The van der Waals surface area contributed by atoms with Crippen molar-refractivity contribution in [1.29, 1.82) is 0 Å². The Labute approximate surface area is 128 Å². The maximum Gasteiger partial charge on any atom is 0.273 e. The van der Waals surface area contributed by atoms with Crippen molar-refractivity contribution in [1.82, 2.24) is 4.31 Å². The van der Waals surface area contributed by atoms with Crippen LogP contribution in [0.1, 0.15) is 13.8 Å². The SMILES string of the molecule is COc1cc([N+](=O)[O-])ccc1S(=O)(=O)N1C[C@@H](C)OC[C@@H]1C. The van der Waals surface area contributed by atoms with E-state index >= 15 is 0 Å². The first-order valence-corrected chi connectivity index (χ1v) is 8.17. The molecule has 2 atom stereocenters. The van der Waals surface area contributed by atoms with E-state index in [1.54, 1.807) is 13.8 Å². The van der Waals surface area contributed by atoms with Crippen LogP contribution in [0, 0.1) is 10.1 Å². The Hall–Kier alpha value is -1.71. The summed E-state index contributed by atoms with van der Waals surface area (Å²) in [6.07, 6.45) is -0.213. The molecule has 0 aromatic heterocycles. The van der Waals surface area contributed by atoms with E-state index in [4.69, 9.17) is 9.47 Å². The molecule has 1 fully saturated rings. The summed E-state index contributed by atoms with van der Waals surface area (Å²) in [5.74, 6) is -0.0412. The summed E-state index contributed by atoms with van der Waals surface area (Å²) in [6.45, 7) is 4.07. The van der Waals surface area contributed by atoms with Gasteiger partial charge in [-0.3, -0.25) is 10.1 Å². The molecule has 0 spiro atoms. The smallest absolute Gasteiger partial charge is 0.273 e. The minimum Gasteiger partial charge on any atom is -0.495 e. The zero-order valence-corrected chi connectivity index (χ0v) is 13.4. The number of rotatable bonds is 4. The number of non-ortho nitro benzene ring substituents is 1. The van der Waals surface area contributed by atoms with Crippen LogP contribution in [-0.2, 0) is 14.8 Å². The van der Waals surface area contributed by atoms with Gasteiger partial charge in [0, 0.05) is 18.7 Å². The predicted molar refractivity (Wildman–Crippen MR) is 78.4 cm³/mol. The number of sulfonamides is 1. The number of morpholine rings is 1. The van der Waals surface area contributed by atoms with Gasteiger partial charge in [0.25, 0.3) is 5.69 Å². The molecule has 0 radical (unpaired) electrons. The average molecular weight is 330 g/mol. The molecule has 1 aromatic rings. The molecule has 1 aliphatic heterocycles. The van der Waals surface area contributed by atoms with E-state index in [-0.39, 0.29) is 35.0 Å². The highest BCUT2D eigenvalue weighted by molar-refractivity contribution is 7.89. The number of hydrogen-bond donors (Lipinski definition) is 0. The van der Waals surface area contributed by atoms with Gasteiger partial charge in [-0.2, -0.15) is 4.31 Å². The minimum atomic E-state index is -3.82. The first-order chi connectivity index (χ1) is 10.3. The van der Waals surface area contributed by atoms with Crippen molar-refractivity contribution in [2.24, 2.45) is 0 Å². The number of methoxy groups -OCH3 is 1. The largest absolute Gasteiger partial charge is 0.495 e. The van der Waals surface area contributed by atoms with Gasteiger partial charge in [-0.05, 0) is 19.9 Å². The fourth-order valence-electron chi connectivity index (χ4n) is 2.32. The molecule has 1 aromatic carbocycles. The van der Waals surface area contributed by atoms with Crippen LogP contribution < -0.4 is 4.74 Å². The van der Waals surface area contributed by atoms with Gasteiger partial charge in [0.2, 0.25) is 10.0 Å². The van der Waals surface area contributed by atoms with Crippen molar-refractivity contribution in [3.05, 3.63) is 28.3 Å². The molecule has 0 amide bonds. The van der Waals surface area contributed by atoms with E-state index < -0.39 is 14.9 Å². The monoisotopic (exact) mass is 330 g/mol. The molecule has 122 valence electrons. The Kier molecular flexibility index (Phi) is 4.69. The number of ether oxygens (including phenoxy) is 2. The molecule has 8 nitrogen and oxygen atoms in total. The van der Waals surface area contributed by atoms with Gasteiger partial charge in [-0.25, -0.2) is 8.42 Å². The van der Waals surface area contributed by atoms with Crippen LogP contribution in [0.15, 0.2) is 23.1 Å². The lowest BCUT2D eigenvalue weighted by molar-refractivity contribution is -0.385. The molecule has 22 heavy (non-hydrogen) atoms. The number of hydrogen-bond acceptors (Lipinski definition) is 6. The summed E-state index contributed by atoms with van der Waals surface area (Å²) >= 11 is 0. The molecule has 1 saturated heterocycles. The van der Waals surface area contributed by atoms with Crippen LogP contribution in [0.5, 0.6) is 5.75 Å². The Morgan fingerprint density at radius 1 is 1.41 bits per heavy atom. The second-order valence-electron chi connectivity index (χ2n) is 5.16. The highest BCUT2D eigenvalue weighted by Crippen LogP contribution is 2.32.